The molecular formula is C26H24ClF3N4O3S. The molecule has 38 heavy (non-hydrogen) atoms. The largest absolute Gasteiger partial charge is 0.416 e. The number of hydrogen-bond donors (Lipinski definition) is 3. The fraction of sp³-hybridized carbons (Fsp3) is 0.346. The third-order valence-electron chi connectivity index (χ3n) is 6.80. The van der Waals surface area contributed by atoms with E-state index in [-0.39, 0.29) is 35.0 Å². The topological polar surface area (TPSA) is 99.7 Å². The second-order valence-corrected chi connectivity index (χ2v) is 10.9. The maximum absolute atomic E-state index is 13.5. The van der Waals surface area contributed by atoms with Gasteiger partial charge in [-0.1, -0.05) is 23.7 Å². The lowest BCUT2D eigenvalue weighted by Crippen LogP contribution is -2.37. The van der Waals surface area contributed by atoms with Crippen LogP contribution < -0.4 is 5.32 Å². The van der Waals surface area contributed by atoms with Gasteiger partial charge in [0.05, 0.1) is 28.7 Å². The lowest BCUT2D eigenvalue weighted by molar-refractivity contribution is -0.138. The highest BCUT2D eigenvalue weighted by molar-refractivity contribution is 8.18. The van der Waals surface area contributed by atoms with Gasteiger partial charge >= 0.3 is 6.18 Å². The second kappa shape index (κ2) is 10.7. The van der Waals surface area contributed by atoms with Crippen LogP contribution in [0.15, 0.2) is 52.5 Å². The molecule has 1 aliphatic heterocycles. The highest BCUT2D eigenvalue weighted by Crippen LogP contribution is 2.35. The smallest absolute Gasteiger partial charge is 0.368 e. The van der Waals surface area contributed by atoms with Gasteiger partial charge in [-0.25, -0.2) is 0 Å². The van der Waals surface area contributed by atoms with Crippen molar-refractivity contribution in [2.45, 2.75) is 50.7 Å². The fourth-order valence-corrected chi connectivity index (χ4v) is 5.85. The molecule has 2 heterocycles. The molecule has 1 amide bonds. The Morgan fingerprint density at radius 2 is 1.92 bits per heavy atom. The molecule has 0 bridgehead atoms. The third-order valence-corrected chi connectivity index (χ3v) is 7.95. The van der Waals surface area contributed by atoms with Gasteiger partial charge in [-0.05, 0) is 78.9 Å². The summed E-state index contributed by atoms with van der Waals surface area (Å²) >= 11 is 7.03. The third kappa shape index (κ3) is 5.90. The summed E-state index contributed by atoms with van der Waals surface area (Å²) in [5.41, 5.74) is 0.659. The first kappa shape index (κ1) is 26.7. The quantitative estimate of drug-likeness (QED) is 0.291. The van der Waals surface area contributed by atoms with E-state index in [0.717, 1.165) is 29.9 Å². The molecule has 2 aliphatic rings. The van der Waals surface area contributed by atoms with E-state index in [4.69, 9.17) is 11.6 Å². The molecule has 0 radical (unpaired) electrons. The average Bonchev–Trinajstić information content (AvgIpc) is 3.42. The van der Waals surface area contributed by atoms with Crippen molar-refractivity contribution in [2.24, 2.45) is 10.9 Å². The maximum Gasteiger partial charge on any atom is 0.416 e. The van der Waals surface area contributed by atoms with Gasteiger partial charge in [-0.3, -0.25) is 9.48 Å². The number of benzene rings is 2. The summed E-state index contributed by atoms with van der Waals surface area (Å²) in [5.74, 6) is -0.476. The summed E-state index contributed by atoms with van der Waals surface area (Å²) in [6.07, 6.45) is 0.358. The van der Waals surface area contributed by atoms with Crippen molar-refractivity contribution in [1.29, 1.82) is 0 Å². The Labute approximate surface area is 225 Å². The molecule has 3 N–H and O–H groups in total. The van der Waals surface area contributed by atoms with Gasteiger partial charge in [0, 0.05) is 22.4 Å². The van der Waals surface area contributed by atoms with Crippen molar-refractivity contribution in [1.82, 2.24) is 15.1 Å². The number of hydrogen-bond acceptors (Lipinski definition) is 6. The van der Waals surface area contributed by atoms with Gasteiger partial charge in [-0.15, -0.1) is 0 Å². The van der Waals surface area contributed by atoms with E-state index in [9.17, 15) is 28.2 Å². The highest BCUT2D eigenvalue weighted by atomic mass is 35.5. The number of carbonyl (C=O) groups excluding carboxylic acids is 1. The summed E-state index contributed by atoms with van der Waals surface area (Å²) in [7, 11) is 0. The summed E-state index contributed by atoms with van der Waals surface area (Å²) in [5, 5.41) is 27.5. The van der Waals surface area contributed by atoms with Crippen LogP contribution in [0, 0.1) is 5.92 Å². The SMILES string of the molecule is O=C1N=C(NC2CCC(C(O)O)CC2)S/C1=C\c1ccc2c(cnn2Cc2ccc(Cl)cc2C(F)(F)F)c1. The predicted octanol–water partition coefficient (Wildman–Crippen LogP) is 5.19. The number of aliphatic hydroxyl groups is 2. The molecule has 1 saturated carbocycles. The zero-order valence-electron chi connectivity index (χ0n) is 20.0. The Kier molecular flexibility index (Phi) is 7.54. The monoisotopic (exact) mass is 564 g/mol. The van der Waals surface area contributed by atoms with Crippen LogP contribution in [0.4, 0.5) is 13.2 Å². The Balaban J connectivity index is 1.28. The van der Waals surface area contributed by atoms with Gasteiger partial charge < -0.3 is 15.5 Å². The molecule has 0 spiro atoms. The number of alkyl halides is 3. The molecule has 7 nitrogen and oxygen atoms in total. The van der Waals surface area contributed by atoms with Crippen LogP contribution >= 0.6 is 23.4 Å². The minimum atomic E-state index is -4.54. The molecule has 2 aromatic carbocycles. The van der Waals surface area contributed by atoms with Crippen molar-refractivity contribution in [3.8, 4) is 0 Å². The number of halogens is 4. The first-order chi connectivity index (χ1) is 18.1. The summed E-state index contributed by atoms with van der Waals surface area (Å²) in [4.78, 5) is 17.0. The number of fused-ring (bicyclic) bond motifs is 1. The number of aromatic nitrogens is 2. The van der Waals surface area contributed by atoms with E-state index in [2.05, 4.69) is 15.4 Å². The number of thioether (sulfide) groups is 1. The Morgan fingerprint density at radius 1 is 1.16 bits per heavy atom. The van der Waals surface area contributed by atoms with E-state index in [0.29, 0.717) is 28.4 Å². The van der Waals surface area contributed by atoms with E-state index >= 15 is 0 Å². The number of amidine groups is 1. The molecule has 5 rings (SSSR count). The maximum atomic E-state index is 13.5. The van der Waals surface area contributed by atoms with E-state index in [1.54, 1.807) is 24.4 Å². The van der Waals surface area contributed by atoms with Gasteiger partial charge in [0.25, 0.3) is 5.91 Å². The second-order valence-electron chi connectivity index (χ2n) is 9.42. The van der Waals surface area contributed by atoms with Crippen molar-refractivity contribution in [3.05, 3.63) is 69.2 Å². The standard InChI is InChI=1S/C26H24ClF3N4O3S/c27-18-5-2-16(20(11-18)26(28,29)30)13-34-21-8-1-14(9-17(21)12-31-34)10-22-23(35)33-25(38-22)32-19-6-3-15(4-7-19)24(36)37/h1-2,5,8-12,15,19,24,36-37H,3-4,6-7,13H2,(H,32,33,35)/b22-10-. The van der Waals surface area contributed by atoms with Crippen LogP contribution in [0.25, 0.3) is 17.0 Å². The number of aliphatic hydroxyl groups excluding tert-OH is 1. The van der Waals surface area contributed by atoms with Gasteiger partial charge in [0.2, 0.25) is 0 Å². The van der Waals surface area contributed by atoms with Crippen LogP contribution in [0.5, 0.6) is 0 Å². The number of amides is 1. The molecule has 0 atom stereocenters. The summed E-state index contributed by atoms with van der Waals surface area (Å²) in [6.45, 7) is -0.0770. The number of rotatable bonds is 5. The lowest BCUT2D eigenvalue weighted by Gasteiger charge is -2.30. The number of nitrogens with one attached hydrogen (secondary N) is 1. The summed E-state index contributed by atoms with van der Waals surface area (Å²) < 4.78 is 42.0. The lowest BCUT2D eigenvalue weighted by atomic mass is 9.86. The minimum absolute atomic E-state index is 0.0136. The van der Waals surface area contributed by atoms with Crippen LogP contribution in [-0.2, 0) is 17.5 Å². The number of nitrogens with zero attached hydrogens (tertiary/aromatic N) is 3. The van der Waals surface area contributed by atoms with Crippen molar-refractivity contribution < 1.29 is 28.2 Å². The number of aliphatic imine (C=N–C) groups is 1. The Bertz CT molecular complexity index is 1430. The normalized spacial score (nSPS) is 21.5. The van der Waals surface area contributed by atoms with Crippen LogP contribution in [0.3, 0.4) is 0 Å². The minimum Gasteiger partial charge on any atom is -0.368 e. The predicted molar refractivity (Wildman–Crippen MR) is 140 cm³/mol. The van der Waals surface area contributed by atoms with Gasteiger partial charge in [0.1, 0.15) is 0 Å². The zero-order valence-corrected chi connectivity index (χ0v) is 21.5. The molecule has 1 aliphatic carbocycles. The first-order valence-corrected chi connectivity index (χ1v) is 13.2. The van der Waals surface area contributed by atoms with Crippen LogP contribution in [0.2, 0.25) is 5.02 Å². The molecule has 1 aromatic heterocycles. The molecule has 3 aromatic rings. The van der Waals surface area contributed by atoms with Crippen molar-refractivity contribution in [3.63, 3.8) is 0 Å². The van der Waals surface area contributed by atoms with Crippen LogP contribution in [-0.4, -0.2) is 43.4 Å². The van der Waals surface area contributed by atoms with E-state index in [1.165, 1.54) is 28.6 Å². The molecule has 200 valence electrons. The molecule has 0 unspecified atom stereocenters. The van der Waals surface area contributed by atoms with Crippen molar-refractivity contribution in [2.75, 3.05) is 0 Å². The van der Waals surface area contributed by atoms with Gasteiger partial charge in [0.15, 0.2) is 11.5 Å². The van der Waals surface area contributed by atoms with Crippen molar-refractivity contribution >= 4 is 51.4 Å². The van der Waals surface area contributed by atoms with Crippen LogP contribution in [0.1, 0.15) is 42.4 Å². The first-order valence-electron chi connectivity index (χ1n) is 12.0. The van der Waals surface area contributed by atoms with E-state index in [1.807, 2.05) is 6.07 Å². The highest BCUT2D eigenvalue weighted by Gasteiger charge is 2.34. The summed E-state index contributed by atoms with van der Waals surface area (Å²) in [6, 6.07) is 9.17. The van der Waals surface area contributed by atoms with Gasteiger partial charge in [-0.2, -0.15) is 23.3 Å². The average molecular weight is 565 g/mol. The molecular weight excluding hydrogens is 541 g/mol. The number of carbonyl (C=O) groups is 1. The van der Waals surface area contributed by atoms with E-state index < -0.39 is 18.0 Å². The molecule has 12 heteroatoms. The fourth-order valence-electron chi connectivity index (χ4n) is 4.79. The Morgan fingerprint density at radius 3 is 2.63 bits per heavy atom. The zero-order chi connectivity index (χ0) is 27.0. The Hall–Kier alpha value is -2.86. The molecule has 1 fully saturated rings. The molecule has 0 saturated heterocycles.